The number of nitrogens with one attached hydrogen (secondary N) is 1. The number of sulfone groups is 1. The van der Waals surface area contributed by atoms with Gasteiger partial charge in [0.05, 0.1) is 11.5 Å². The van der Waals surface area contributed by atoms with E-state index in [-0.39, 0.29) is 17.5 Å². The van der Waals surface area contributed by atoms with Crippen LogP contribution < -0.4 is 5.32 Å². The number of rotatable bonds is 3. The Morgan fingerprint density at radius 3 is 2.43 bits per heavy atom. The van der Waals surface area contributed by atoms with Crippen LogP contribution in [0.1, 0.15) is 24.5 Å². The molecule has 1 aliphatic heterocycles. The lowest BCUT2D eigenvalue weighted by atomic mass is 10.1. The van der Waals surface area contributed by atoms with Gasteiger partial charge in [0, 0.05) is 18.3 Å². The van der Waals surface area contributed by atoms with Crippen LogP contribution in [-0.2, 0) is 9.84 Å². The van der Waals surface area contributed by atoms with Crippen LogP contribution in [0, 0.1) is 13.8 Å². The Bertz CT molecular complexity index is 621. The summed E-state index contributed by atoms with van der Waals surface area (Å²) in [6, 6.07) is 6.18. The van der Waals surface area contributed by atoms with Crippen molar-refractivity contribution < 1.29 is 8.42 Å². The summed E-state index contributed by atoms with van der Waals surface area (Å²) in [5.74, 6) is 0.468. The van der Waals surface area contributed by atoms with E-state index in [1.807, 2.05) is 37.8 Å². The Kier molecular flexibility index (Phi) is 4.88. The van der Waals surface area contributed by atoms with Crippen LogP contribution in [-0.4, -0.2) is 42.5 Å². The summed E-state index contributed by atoms with van der Waals surface area (Å²) in [4.78, 5) is 1.98. The van der Waals surface area contributed by atoms with Gasteiger partial charge in [-0.1, -0.05) is 6.07 Å². The Morgan fingerprint density at radius 2 is 1.95 bits per heavy atom. The van der Waals surface area contributed by atoms with E-state index in [4.69, 9.17) is 12.2 Å². The number of hydrogen-bond acceptors (Lipinski definition) is 3. The van der Waals surface area contributed by atoms with Gasteiger partial charge in [0.15, 0.2) is 14.9 Å². The molecule has 0 aromatic heterocycles. The van der Waals surface area contributed by atoms with E-state index in [2.05, 4.69) is 11.4 Å². The molecule has 0 bridgehead atoms. The molecule has 0 aliphatic carbocycles. The summed E-state index contributed by atoms with van der Waals surface area (Å²) < 4.78 is 23.3. The van der Waals surface area contributed by atoms with E-state index in [1.165, 1.54) is 11.1 Å². The van der Waals surface area contributed by atoms with Crippen LogP contribution in [0.4, 0.5) is 5.69 Å². The van der Waals surface area contributed by atoms with E-state index < -0.39 is 9.84 Å². The monoisotopic (exact) mass is 326 g/mol. The van der Waals surface area contributed by atoms with E-state index in [9.17, 15) is 8.42 Å². The number of hydrogen-bond donors (Lipinski definition) is 1. The molecular formula is C15H22N2O2S2. The molecule has 1 N–H and O–H groups in total. The minimum atomic E-state index is -2.90. The van der Waals surface area contributed by atoms with Gasteiger partial charge in [-0.05, 0) is 62.7 Å². The lowest BCUT2D eigenvalue weighted by Crippen LogP contribution is -2.43. The van der Waals surface area contributed by atoms with Crippen LogP contribution in [0.25, 0.3) is 0 Å². The Balaban J connectivity index is 2.10. The predicted molar refractivity (Wildman–Crippen MR) is 91.6 cm³/mol. The van der Waals surface area contributed by atoms with Gasteiger partial charge in [-0.3, -0.25) is 0 Å². The van der Waals surface area contributed by atoms with Crippen molar-refractivity contribution in [1.29, 1.82) is 0 Å². The van der Waals surface area contributed by atoms with Crippen molar-refractivity contribution in [2.24, 2.45) is 0 Å². The van der Waals surface area contributed by atoms with Crippen molar-refractivity contribution in [3.63, 3.8) is 0 Å². The zero-order valence-electron chi connectivity index (χ0n) is 12.7. The SMILES string of the molecule is CCN(C(=S)Nc1cc(C)cc(C)c1)[C@@H]1CCS(=O)(=O)C1. The Morgan fingerprint density at radius 1 is 1.33 bits per heavy atom. The Hall–Kier alpha value is -1.14. The van der Waals surface area contributed by atoms with E-state index in [1.54, 1.807) is 0 Å². The normalized spacial score (nSPS) is 20.2. The summed E-state index contributed by atoms with van der Waals surface area (Å²) in [5.41, 5.74) is 3.30. The van der Waals surface area contributed by atoms with Crippen molar-refractivity contribution in [3.8, 4) is 0 Å². The first-order valence-corrected chi connectivity index (χ1v) is 9.40. The fraction of sp³-hybridized carbons (Fsp3) is 0.533. The van der Waals surface area contributed by atoms with Crippen molar-refractivity contribution >= 4 is 32.9 Å². The van der Waals surface area contributed by atoms with Crippen LogP contribution in [0.5, 0.6) is 0 Å². The Labute approximate surface area is 132 Å². The maximum atomic E-state index is 11.6. The molecule has 1 fully saturated rings. The number of benzene rings is 1. The number of nitrogens with zero attached hydrogens (tertiary/aromatic N) is 1. The third-order valence-corrected chi connectivity index (χ3v) is 5.81. The van der Waals surface area contributed by atoms with E-state index >= 15 is 0 Å². The highest BCUT2D eigenvalue weighted by atomic mass is 32.2. The first-order valence-electron chi connectivity index (χ1n) is 7.17. The molecule has 0 radical (unpaired) electrons. The standard InChI is InChI=1S/C15H22N2O2S2/c1-4-17(14-5-6-21(18,19)10-14)15(20)16-13-8-11(2)7-12(3)9-13/h7-9,14H,4-6,10H2,1-3H3,(H,16,20)/t14-/m1/s1. The van der Waals surface area contributed by atoms with Gasteiger partial charge in [-0.2, -0.15) is 0 Å². The molecule has 1 aliphatic rings. The van der Waals surface area contributed by atoms with Gasteiger partial charge in [-0.15, -0.1) is 0 Å². The fourth-order valence-electron chi connectivity index (χ4n) is 2.83. The molecule has 1 aromatic carbocycles. The highest BCUT2D eigenvalue weighted by molar-refractivity contribution is 7.91. The molecule has 0 amide bonds. The summed E-state index contributed by atoms with van der Waals surface area (Å²) in [5, 5.41) is 3.84. The summed E-state index contributed by atoms with van der Waals surface area (Å²) in [6.07, 6.45) is 0.658. The molecule has 4 nitrogen and oxygen atoms in total. The van der Waals surface area contributed by atoms with Crippen LogP contribution in [0.15, 0.2) is 18.2 Å². The van der Waals surface area contributed by atoms with Crippen LogP contribution in [0.2, 0.25) is 0 Å². The second kappa shape index (κ2) is 6.32. The molecule has 1 heterocycles. The second-order valence-corrected chi connectivity index (χ2v) is 8.26. The predicted octanol–water partition coefficient (Wildman–Crippen LogP) is 2.51. The van der Waals surface area contributed by atoms with Gasteiger partial charge >= 0.3 is 0 Å². The minimum Gasteiger partial charge on any atom is -0.345 e. The molecule has 1 atom stereocenters. The lowest BCUT2D eigenvalue weighted by Gasteiger charge is -2.29. The maximum Gasteiger partial charge on any atom is 0.173 e. The average Bonchev–Trinajstić information content (AvgIpc) is 2.69. The van der Waals surface area contributed by atoms with Crippen LogP contribution in [0.3, 0.4) is 0 Å². The molecule has 2 rings (SSSR count). The molecule has 116 valence electrons. The topological polar surface area (TPSA) is 49.4 Å². The molecule has 0 saturated carbocycles. The number of anilines is 1. The smallest absolute Gasteiger partial charge is 0.173 e. The summed E-state index contributed by atoms with van der Waals surface area (Å²) in [7, 11) is -2.90. The quantitative estimate of drug-likeness (QED) is 0.865. The van der Waals surface area contributed by atoms with Crippen LogP contribution >= 0.6 is 12.2 Å². The largest absolute Gasteiger partial charge is 0.345 e. The zero-order valence-corrected chi connectivity index (χ0v) is 14.4. The van der Waals surface area contributed by atoms with Crippen molar-refractivity contribution in [2.75, 3.05) is 23.4 Å². The fourth-order valence-corrected chi connectivity index (χ4v) is 4.96. The molecule has 1 aromatic rings. The zero-order chi connectivity index (χ0) is 15.6. The van der Waals surface area contributed by atoms with Crippen molar-refractivity contribution in [2.45, 2.75) is 33.2 Å². The third-order valence-electron chi connectivity index (χ3n) is 3.72. The molecule has 1 saturated heterocycles. The highest BCUT2D eigenvalue weighted by Crippen LogP contribution is 2.20. The summed E-state index contributed by atoms with van der Waals surface area (Å²) in [6.45, 7) is 6.79. The molecule has 0 unspecified atom stereocenters. The minimum absolute atomic E-state index is 0.00842. The van der Waals surface area contributed by atoms with Gasteiger partial charge in [0.25, 0.3) is 0 Å². The van der Waals surface area contributed by atoms with E-state index in [0.717, 1.165) is 5.69 Å². The average molecular weight is 326 g/mol. The third kappa shape index (κ3) is 4.17. The lowest BCUT2D eigenvalue weighted by molar-refractivity contribution is 0.355. The molecule has 6 heteroatoms. The molecule has 0 spiro atoms. The maximum absolute atomic E-state index is 11.6. The van der Waals surface area contributed by atoms with Gasteiger partial charge < -0.3 is 10.2 Å². The van der Waals surface area contributed by atoms with Crippen molar-refractivity contribution in [3.05, 3.63) is 29.3 Å². The second-order valence-electron chi connectivity index (χ2n) is 5.65. The number of aryl methyl sites for hydroxylation is 2. The van der Waals surface area contributed by atoms with Crippen molar-refractivity contribution in [1.82, 2.24) is 4.90 Å². The van der Waals surface area contributed by atoms with Gasteiger partial charge in [-0.25, -0.2) is 8.42 Å². The first kappa shape index (κ1) is 16.2. The number of thiocarbonyl (C=S) groups is 1. The highest BCUT2D eigenvalue weighted by Gasteiger charge is 2.32. The van der Waals surface area contributed by atoms with Gasteiger partial charge in [0.1, 0.15) is 0 Å². The molecular weight excluding hydrogens is 304 g/mol. The van der Waals surface area contributed by atoms with E-state index in [0.29, 0.717) is 18.1 Å². The first-order chi connectivity index (χ1) is 9.80. The molecule has 21 heavy (non-hydrogen) atoms. The van der Waals surface area contributed by atoms with Gasteiger partial charge in [0.2, 0.25) is 0 Å². The summed E-state index contributed by atoms with van der Waals surface area (Å²) >= 11 is 5.47.